The monoisotopic (exact) mass is 232 g/mol. The van der Waals surface area contributed by atoms with E-state index >= 15 is 0 Å². The van der Waals surface area contributed by atoms with Crippen LogP contribution in [0.15, 0.2) is 24.3 Å². The molecule has 1 saturated carbocycles. The maximum Gasteiger partial charge on any atom is 0.227 e. The number of benzene rings is 1. The molecule has 1 aromatic carbocycles. The molecule has 0 bridgehead atoms. The molecular formula is C14H20N2O. The lowest BCUT2D eigenvalue weighted by atomic mass is 9.85. The third-order valence-corrected chi connectivity index (χ3v) is 3.59. The van der Waals surface area contributed by atoms with Gasteiger partial charge in [0, 0.05) is 12.2 Å². The van der Waals surface area contributed by atoms with Gasteiger partial charge in [-0.1, -0.05) is 18.6 Å². The number of carbonyl (C=O) groups excluding carboxylic acids is 1. The molecule has 3 N–H and O–H groups in total. The Morgan fingerprint density at radius 3 is 2.88 bits per heavy atom. The first kappa shape index (κ1) is 12.0. The maximum absolute atomic E-state index is 11.9. The number of carbonyl (C=O) groups is 1. The molecule has 0 radical (unpaired) electrons. The first-order chi connectivity index (χ1) is 8.16. The van der Waals surface area contributed by atoms with E-state index in [1.54, 1.807) is 0 Å². The summed E-state index contributed by atoms with van der Waals surface area (Å²) in [6.45, 7) is 2.75. The molecule has 1 fully saturated rings. The maximum atomic E-state index is 11.9. The fourth-order valence-electron chi connectivity index (χ4n) is 2.07. The summed E-state index contributed by atoms with van der Waals surface area (Å²) in [6.07, 6.45) is 3.82. The van der Waals surface area contributed by atoms with Crippen LogP contribution in [-0.2, 0) is 4.79 Å². The fourth-order valence-corrected chi connectivity index (χ4v) is 2.07. The van der Waals surface area contributed by atoms with E-state index in [0.717, 1.165) is 12.1 Å². The molecule has 1 aliphatic rings. The minimum absolute atomic E-state index is 0.0995. The number of rotatable bonds is 4. The van der Waals surface area contributed by atoms with Crippen LogP contribution in [0.1, 0.15) is 37.7 Å². The zero-order chi connectivity index (χ0) is 12.3. The lowest BCUT2D eigenvalue weighted by molar-refractivity contribution is -0.122. The molecule has 1 atom stereocenters. The van der Waals surface area contributed by atoms with Gasteiger partial charge in [0.15, 0.2) is 0 Å². The van der Waals surface area contributed by atoms with Crippen molar-refractivity contribution in [3.05, 3.63) is 29.8 Å². The highest BCUT2D eigenvalue weighted by Crippen LogP contribution is 2.25. The van der Waals surface area contributed by atoms with E-state index in [9.17, 15) is 4.79 Å². The van der Waals surface area contributed by atoms with Crippen LogP contribution in [0.25, 0.3) is 0 Å². The van der Waals surface area contributed by atoms with Crippen LogP contribution in [0.5, 0.6) is 0 Å². The second-order valence-electron chi connectivity index (χ2n) is 4.93. The first-order valence-corrected chi connectivity index (χ1v) is 6.30. The van der Waals surface area contributed by atoms with E-state index in [-0.39, 0.29) is 11.8 Å². The Bertz CT molecular complexity index is 399. The third-order valence-electron chi connectivity index (χ3n) is 3.59. The Balaban J connectivity index is 1.89. The Hall–Kier alpha value is -1.51. The Labute approximate surface area is 102 Å². The van der Waals surface area contributed by atoms with Crippen molar-refractivity contribution in [2.75, 3.05) is 12.3 Å². The highest BCUT2D eigenvalue weighted by Gasteiger charge is 2.20. The van der Waals surface area contributed by atoms with Crippen molar-refractivity contribution in [1.82, 2.24) is 5.32 Å². The van der Waals surface area contributed by atoms with Crippen LogP contribution in [0.3, 0.4) is 0 Å². The summed E-state index contributed by atoms with van der Waals surface area (Å²) in [5.74, 6) is 0.674. The summed E-state index contributed by atoms with van der Waals surface area (Å²) in [4.78, 5) is 11.9. The second-order valence-corrected chi connectivity index (χ2v) is 4.93. The molecule has 92 valence electrons. The van der Waals surface area contributed by atoms with E-state index in [2.05, 4.69) is 5.32 Å². The molecule has 1 aromatic rings. The minimum atomic E-state index is -0.126. The molecule has 17 heavy (non-hydrogen) atoms. The van der Waals surface area contributed by atoms with Crippen molar-refractivity contribution in [3.8, 4) is 0 Å². The second kappa shape index (κ2) is 5.21. The molecule has 0 spiro atoms. The van der Waals surface area contributed by atoms with Gasteiger partial charge >= 0.3 is 0 Å². The molecule has 1 aliphatic carbocycles. The van der Waals surface area contributed by atoms with Gasteiger partial charge in [-0.05, 0) is 43.4 Å². The third kappa shape index (κ3) is 2.99. The average molecular weight is 232 g/mol. The van der Waals surface area contributed by atoms with Gasteiger partial charge in [-0.2, -0.15) is 0 Å². The quantitative estimate of drug-likeness (QED) is 0.782. The Kier molecular flexibility index (Phi) is 3.67. The highest BCUT2D eigenvalue weighted by molar-refractivity contribution is 5.83. The number of anilines is 1. The van der Waals surface area contributed by atoms with Gasteiger partial charge in [0.05, 0.1) is 5.92 Å². The molecule has 0 heterocycles. The van der Waals surface area contributed by atoms with Gasteiger partial charge in [-0.15, -0.1) is 0 Å². The van der Waals surface area contributed by atoms with E-state index < -0.39 is 0 Å². The van der Waals surface area contributed by atoms with Gasteiger partial charge in [0.1, 0.15) is 0 Å². The molecule has 0 saturated heterocycles. The van der Waals surface area contributed by atoms with E-state index in [1.807, 2.05) is 31.2 Å². The number of hydrogen-bond donors (Lipinski definition) is 2. The lowest BCUT2D eigenvalue weighted by Crippen LogP contribution is -2.34. The number of amides is 1. The number of nitrogens with two attached hydrogens (primary N) is 1. The predicted octanol–water partition coefficient (Wildman–Crippen LogP) is 2.29. The molecule has 1 amide bonds. The molecule has 2 rings (SSSR count). The fraction of sp³-hybridized carbons (Fsp3) is 0.500. The van der Waals surface area contributed by atoms with Gasteiger partial charge in [0.25, 0.3) is 0 Å². The number of hydrogen-bond acceptors (Lipinski definition) is 2. The average Bonchev–Trinajstić information content (AvgIpc) is 2.25. The number of nitrogen functional groups attached to an aromatic ring is 1. The molecule has 0 aromatic heterocycles. The van der Waals surface area contributed by atoms with Gasteiger partial charge in [-0.3, -0.25) is 4.79 Å². The van der Waals surface area contributed by atoms with Crippen molar-refractivity contribution in [1.29, 1.82) is 0 Å². The van der Waals surface area contributed by atoms with Crippen LogP contribution in [0, 0.1) is 5.92 Å². The van der Waals surface area contributed by atoms with Crippen molar-refractivity contribution < 1.29 is 4.79 Å². The molecular weight excluding hydrogens is 212 g/mol. The van der Waals surface area contributed by atoms with Crippen molar-refractivity contribution in [2.45, 2.75) is 32.1 Å². The zero-order valence-corrected chi connectivity index (χ0v) is 10.3. The van der Waals surface area contributed by atoms with Crippen LogP contribution in [-0.4, -0.2) is 12.5 Å². The zero-order valence-electron chi connectivity index (χ0n) is 10.3. The lowest BCUT2D eigenvalue weighted by Gasteiger charge is -2.26. The SMILES string of the molecule is CC(C(=O)NCC1CCC1)c1cccc(N)c1. The highest BCUT2D eigenvalue weighted by atomic mass is 16.1. The summed E-state index contributed by atoms with van der Waals surface area (Å²) in [6, 6.07) is 7.54. The Morgan fingerprint density at radius 2 is 2.29 bits per heavy atom. The van der Waals surface area contributed by atoms with Crippen LogP contribution in [0.4, 0.5) is 5.69 Å². The van der Waals surface area contributed by atoms with E-state index in [0.29, 0.717) is 11.6 Å². The summed E-state index contributed by atoms with van der Waals surface area (Å²) in [5.41, 5.74) is 7.41. The van der Waals surface area contributed by atoms with Crippen LogP contribution in [0.2, 0.25) is 0 Å². The van der Waals surface area contributed by atoms with Crippen LogP contribution < -0.4 is 11.1 Å². The normalized spacial score (nSPS) is 17.2. The largest absolute Gasteiger partial charge is 0.399 e. The van der Waals surface area contributed by atoms with Crippen molar-refractivity contribution in [3.63, 3.8) is 0 Å². The molecule has 3 nitrogen and oxygen atoms in total. The topological polar surface area (TPSA) is 55.1 Å². The van der Waals surface area contributed by atoms with Gasteiger partial charge < -0.3 is 11.1 Å². The van der Waals surface area contributed by atoms with Gasteiger partial charge in [-0.25, -0.2) is 0 Å². The molecule has 3 heteroatoms. The summed E-state index contributed by atoms with van der Waals surface area (Å²) in [5, 5.41) is 3.02. The smallest absolute Gasteiger partial charge is 0.227 e. The number of nitrogens with one attached hydrogen (secondary N) is 1. The van der Waals surface area contributed by atoms with Crippen LogP contribution >= 0.6 is 0 Å². The van der Waals surface area contributed by atoms with E-state index in [1.165, 1.54) is 19.3 Å². The van der Waals surface area contributed by atoms with Gasteiger partial charge in [0.2, 0.25) is 5.91 Å². The summed E-state index contributed by atoms with van der Waals surface area (Å²) in [7, 11) is 0. The summed E-state index contributed by atoms with van der Waals surface area (Å²) >= 11 is 0. The summed E-state index contributed by atoms with van der Waals surface area (Å²) < 4.78 is 0. The standard InChI is InChI=1S/C14H20N2O/c1-10(12-6-3-7-13(15)8-12)14(17)16-9-11-4-2-5-11/h3,6-8,10-11H,2,4-5,9,15H2,1H3,(H,16,17). The van der Waals surface area contributed by atoms with Crippen molar-refractivity contribution >= 4 is 11.6 Å². The molecule has 1 unspecified atom stereocenters. The van der Waals surface area contributed by atoms with Crippen molar-refractivity contribution in [2.24, 2.45) is 5.92 Å². The first-order valence-electron chi connectivity index (χ1n) is 6.30. The molecule has 0 aliphatic heterocycles. The minimum Gasteiger partial charge on any atom is -0.399 e. The predicted molar refractivity (Wildman–Crippen MR) is 69.6 cm³/mol. The van der Waals surface area contributed by atoms with E-state index in [4.69, 9.17) is 5.73 Å². The Morgan fingerprint density at radius 1 is 1.53 bits per heavy atom.